The molecule has 0 radical (unpaired) electrons. The van der Waals surface area contributed by atoms with Crippen LogP contribution in [0, 0.1) is 6.92 Å². The molecule has 0 saturated heterocycles. The molecule has 2 aromatic heterocycles. The number of aromatic amines is 1. The standard InChI is InChI=1S/C16H18N2O2S/c1-4-20-12(3)8-6-5-7-9-13-17-15(19)14-11(2)10-21-16(14)18-13/h5-10H,4H2,1-3H3,(H,17,18,19)/b6-5-,9-7+,12-8+. The van der Waals surface area contributed by atoms with E-state index in [0.717, 1.165) is 16.2 Å². The van der Waals surface area contributed by atoms with E-state index in [9.17, 15) is 4.79 Å². The molecule has 110 valence electrons. The van der Waals surface area contributed by atoms with E-state index in [1.807, 2.05) is 50.5 Å². The van der Waals surface area contributed by atoms with Crippen molar-refractivity contribution in [3.05, 3.63) is 57.2 Å². The third kappa shape index (κ3) is 3.92. The fraction of sp³-hybridized carbons (Fsp3) is 0.250. The molecule has 0 aliphatic rings. The van der Waals surface area contributed by atoms with Gasteiger partial charge in [-0.3, -0.25) is 4.79 Å². The third-order valence-corrected chi connectivity index (χ3v) is 3.82. The first kappa shape index (κ1) is 15.3. The number of nitrogens with one attached hydrogen (secondary N) is 1. The molecule has 0 aromatic carbocycles. The zero-order valence-corrected chi connectivity index (χ0v) is 13.2. The van der Waals surface area contributed by atoms with Crippen LogP contribution in [0.1, 0.15) is 25.2 Å². The Morgan fingerprint density at radius 3 is 3.00 bits per heavy atom. The fourth-order valence-electron chi connectivity index (χ4n) is 1.86. The lowest BCUT2D eigenvalue weighted by Gasteiger charge is -1.98. The van der Waals surface area contributed by atoms with Gasteiger partial charge in [-0.15, -0.1) is 11.3 Å². The first-order valence-corrected chi connectivity index (χ1v) is 7.62. The normalized spacial score (nSPS) is 12.8. The SMILES string of the molecule is CCO/C(C)=C/C=C\C=C\c1nc2scc(C)c2c(=O)[nH]1. The van der Waals surface area contributed by atoms with Crippen LogP contribution >= 0.6 is 11.3 Å². The Bertz CT molecular complexity index is 766. The summed E-state index contributed by atoms with van der Waals surface area (Å²) < 4.78 is 5.30. The van der Waals surface area contributed by atoms with Gasteiger partial charge in [0.05, 0.1) is 17.8 Å². The fourth-order valence-corrected chi connectivity index (χ4v) is 2.79. The zero-order valence-electron chi connectivity index (χ0n) is 12.3. The number of H-pyrrole nitrogens is 1. The number of aromatic nitrogens is 2. The van der Waals surface area contributed by atoms with E-state index < -0.39 is 0 Å². The lowest BCUT2D eigenvalue weighted by atomic mass is 10.3. The number of fused-ring (bicyclic) bond motifs is 1. The minimum absolute atomic E-state index is 0.0885. The highest BCUT2D eigenvalue weighted by Gasteiger charge is 2.06. The molecule has 0 aliphatic heterocycles. The Morgan fingerprint density at radius 1 is 1.43 bits per heavy atom. The van der Waals surface area contributed by atoms with Crippen LogP contribution in [0.15, 0.2) is 40.2 Å². The lowest BCUT2D eigenvalue weighted by Crippen LogP contribution is -2.08. The summed E-state index contributed by atoms with van der Waals surface area (Å²) in [5.41, 5.74) is 0.880. The van der Waals surface area contributed by atoms with E-state index in [1.165, 1.54) is 11.3 Å². The molecule has 0 saturated carbocycles. The predicted octanol–water partition coefficient (Wildman–Crippen LogP) is 3.80. The maximum Gasteiger partial charge on any atom is 0.260 e. The first-order valence-electron chi connectivity index (χ1n) is 6.74. The van der Waals surface area contributed by atoms with Crippen molar-refractivity contribution in [2.45, 2.75) is 20.8 Å². The van der Waals surface area contributed by atoms with Crippen molar-refractivity contribution in [3.63, 3.8) is 0 Å². The van der Waals surface area contributed by atoms with Crippen molar-refractivity contribution in [1.29, 1.82) is 0 Å². The third-order valence-electron chi connectivity index (χ3n) is 2.83. The Kier molecular flexibility index (Phi) is 5.11. The van der Waals surface area contributed by atoms with Crippen molar-refractivity contribution < 1.29 is 4.74 Å². The topological polar surface area (TPSA) is 55.0 Å². The van der Waals surface area contributed by atoms with Crippen molar-refractivity contribution in [2.75, 3.05) is 6.61 Å². The smallest absolute Gasteiger partial charge is 0.260 e. The summed E-state index contributed by atoms with van der Waals surface area (Å²) >= 11 is 1.49. The quantitative estimate of drug-likeness (QED) is 0.675. The van der Waals surface area contributed by atoms with Crippen molar-refractivity contribution in [3.8, 4) is 0 Å². The molecular formula is C16H18N2O2S. The number of hydrogen-bond donors (Lipinski definition) is 1. The summed E-state index contributed by atoms with van der Waals surface area (Å²) in [6, 6.07) is 0. The molecule has 0 amide bonds. The molecule has 2 aromatic rings. The van der Waals surface area contributed by atoms with Crippen LogP contribution in [0.25, 0.3) is 16.3 Å². The Labute approximate surface area is 127 Å². The average molecular weight is 302 g/mol. The van der Waals surface area contributed by atoms with Gasteiger partial charge in [0, 0.05) is 0 Å². The molecule has 2 rings (SSSR count). The van der Waals surface area contributed by atoms with E-state index >= 15 is 0 Å². The number of nitrogens with zero attached hydrogens (tertiary/aromatic N) is 1. The van der Waals surface area contributed by atoms with Crippen molar-refractivity contribution in [1.82, 2.24) is 9.97 Å². The van der Waals surface area contributed by atoms with Gasteiger partial charge < -0.3 is 9.72 Å². The summed E-state index contributed by atoms with van der Waals surface area (Å²) in [7, 11) is 0. The molecule has 2 heterocycles. The van der Waals surface area contributed by atoms with Crippen LogP contribution in [0.3, 0.4) is 0 Å². The van der Waals surface area contributed by atoms with Crippen LogP contribution in [0.2, 0.25) is 0 Å². The molecular weight excluding hydrogens is 284 g/mol. The highest BCUT2D eigenvalue weighted by Crippen LogP contribution is 2.19. The second kappa shape index (κ2) is 7.04. The lowest BCUT2D eigenvalue weighted by molar-refractivity contribution is 0.231. The minimum Gasteiger partial charge on any atom is -0.499 e. The Hall–Kier alpha value is -2.14. The van der Waals surface area contributed by atoms with E-state index in [-0.39, 0.29) is 5.56 Å². The van der Waals surface area contributed by atoms with Gasteiger partial charge in [0.1, 0.15) is 10.7 Å². The second-order valence-electron chi connectivity index (χ2n) is 4.50. The molecule has 21 heavy (non-hydrogen) atoms. The predicted molar refractivity (Wildman–Crippen MR) is 88.5 cm³/mol. The maximum atomic E-state index is 12.0. The molecule has 4 nitrogen and oxygen atoms in total. The summed E-state index contributed by atoms with van der Waals surface area (Å²) in [5.74, 6) is 1.42. The number of allylic oxidation sites excluding steroid dienone is 5. The molecule has 0 unspecified atom stereocenters. The van der Waals surface area contributed by atoms with Gasteiger partial charge >= 0.3 is 0 Å². The van der Waals surface area contributed by atoms with Crippen LogP contribution < -0.4 is 5.56 Å². The van der Waals surface area contributed by atoms with Gasteiger partial charge in [-0.25, -0.2) is 4.98 Å². The summed E-state index contributed by atoms with van der Waals surface area (Å²) in [5, 5.41) is 2.63. The van der Waals surface area contributed by atoms with Gasteiger partial charge in [-0.05, 0) is 43.9 Å². The molecule has 5 heteroatoms. The number of thiophene rings is 1. The van der Waals surface area contributed by atoms with Crippen LogP contribution in [-0.4, -0.2) is 16.6 Å². The summed E-state index contributed by atoms with van der Waals surface area (Å²) in [4.78, 5) is 19.9. The van der Waals surface area contributed by atoms with Crippen molar-refractivity contribution >= 4 is 27.6 Å². The number of aryl methyl sites for hydroxylation is 1. The summed E-state index contributed by atoms with van der Waals surface area (Å²) in [6.07, 6.45) is 9.24. The van der Waals surface area contributed by atoms with E-state index in [2.05, 4.69) is 9.97 Å². The Balaban J connectivity index is 2.13. The van der Waals surface area contributed by atoms with E-state index in [1.54, 1.807) is 6.08 Å². The Morgan fingerprint density at radius 2 is 2.24 bits per heavy atom. The monoisotopic (exact) mass is 302 g/mol. The number of hydrogen-bond acceptors (Lipinski definition) is 4. The molecule has 0 spiro atoms. The minimum atomic E-state index is -0.0885. The number of rotatable bonds is 5. The molecule has 1 N–H and O–H groups in total. The first-order chi connectivity index (χ1) is 10.1. The van der Waals surface area contributed by atoms with Gasteiger partial charge in [-0.2, -0.15) is 0 Å². The van der Waals surface area contributed by atoms with Gasteiger partial charge in [0.25, 0.3) is 5.56 Å². The van der Waals surface area contributed by atoms with Gasteiger partial charge in [0.2, 0.25) is 0 Å². The number of ether oxygens (including phenoxy) is 1. The molecule has 0 aliphatic carbocycles. The van der Waals surface area contributed by atoms with Gasteiger partial charge in [-0.1, -0.05) is 18.2 Å². The van der Waals surface area contributed by atoms with Crippen LogP contribution in [0.5, 0.6) is 0 Å². The second-order valence-corrected chi connectivity index (χ2v) is 5.36. The maximum absolute atomic E-state index is 12.0. The average Bonchev–Trinajstić information content (AvgIpc) is 2.81. The van der Waals surface area contributed by atoms with Gasteiger partial charge in [0.15, 0.2) is 0 Å². The van der Waals surface area contributed by atoms with E-state index in [0.29, 0.717) is 17.8 Å². The largest absolute Gasteiger partial charge is 0.499 e. The molecule has 0 bridgehead atoms. The molecule has 0 atom stereocenters. The zero-order chi connectivity index (χ0) is 15.2. The van der Waals surface area contributed by atoms with Crippen LogP contribution in [-0.2, 0) is 4.74 Å². The van der Waals surface area contributed by atoms with E-state index in [4.69, 9.17) is 4.74 Å². The molecule has 0 fully saturated rings. The van der Waals surface area contributed by atoms with Crippen LogP contribution in [0.4, 0.5) is 0 Å². The highest BCUT2D eigenvalue weighted by molar-refractivity contribution is 7.16. The van der Waals surface area contributed by atoms with Crippen molar-refractivity contribution in [2.24, 2.45) is 0 Å². The highest BCUT2D eigenvalue weighted by atomic mass is 32.1. The summed E-state index contributed by atoms with van der Waals surface area (Å²) in [6.45, 7) is 6.44.